The fourth-order valence-corrected chi connectivity index (χ4v) is 4.06. The summed E-state index contributed by atoms with van der Waals surface area (Å²) in [5.41, 5.74) is 2.09. The van der Waals surface area contributed by atoms with Crippen molar-refractivity contribution >= 4 is 35.5 Å². The summed E-state index contributed by atoms with van der Waals surface area (Å²) in [5, 5.41) is 10.6. The van der Waals surface area contributed by atoms with Gasteiger partial charge in [-0.2, -0.15) is 0 Å². The summed E-state index contributed by atoms with van der Waals surface area (Å²) in [6.45, 7) is 7.64. The first-order valence-corrected chi connectivity index (χ1v) is 9.54. The highest BCUT2D eigenvalue weighted by molar-refractivity contribution is 7.99. The predicted octanol–water partition coefficient (Wildman–Crippen LogP) is 3.91. The largest absolute Gasteiger partial charge is 0.439 e. The molecule has 5 heteroatoms. The number of hydrogen-bond acceptors (Lipinski definition) is 3. The minimum atomic E-state index is -0.705. The van der Waals surface area contributed by atoms with Gasteiger partial charge in [0.15, 0.2) is 5.60 Å². The Morgan fingerprint density at radius 2 is 1.73 bits per heavy atom. The summed E-state index contributed by atoms with van der Waals surface area (Å²) < 4.78 is 6.04. The van der Waals surface area contributed by atoms with Gasteiger partial charge in [-0.1, -0.05) is 36.0 Å². The van der Waals surface area contributed by atoms with Gasteiger partial charge in [0.05, 0.1) is 0 Å². The Morgan fingerprint density at radius 1 is 0.962 bits per heavy atom. The third kappa shape index (κ3) is 2.84. The van der Waals surface area contributed by atoms with Crippen molar-refractivity contribution in [3.63, 3.8) is 0 Å². The predicted molar refractivity (Wildman–Crippen MR) is 110 cm³/mol. The number of benzene rings is 2. The maximum atomic E-state index is 8.29. The Morgan fingerprint density at radius 3 is 2.50 bits per heavy atom. The third-order valence-electron chi connectivity index (χ3n) is 5.30. The molecule has 3 nitrogen and oxygen atoms in total. The van der Waals surface area contributed by atoms with E-state index in [1.165, 1.54) is 26.3 Å². The molecule has 3 aromatic rings. The van der Waals surface area contributed by atoms with Crippen molar-refractivity contribution in [3.8, 4) is 11.1 Å². The molecule has 0 saturated heterocycles. The molecule has 0 unspecified atom stereocenters. The highest BCUT2D eigenvalue weighted by Gasteiger charge is 2.40. The molecule has 4 rings (SSSR count). The zero-order valence-corrected chi connectivity index (χ0v) is 16.3. The van der Waals surface area contributed by atoms with Gasteiger partial charge >= 0.3 is 7.48 Å². The van der Waals surface area contributed by atoms with Gasteiger partial charge in [0.25, 0.3) is 0 Å². The van der Waals surface area contributed by atoms with E-state index in [9.17, 15) is 0 Å². The molecular formula is C21H22BNO2S+. The number of fused-ring (bicyclic) bond motifs is 2. The normalized spacial score (nSPS) is 13.6. The zero-order chi connectivity index (χ0) is 18.5. The van der Waals surface area contributed by atoms with E-state index in [-0.39, 0.29) is 0 Å². The standard InChI is InChI=1S/C21H21BNO2S/c1-20(2,24)21(3,4)25-22-16-9-10-18-19-14(11-23-12-15(16)19)13-7-5-6-8-17(13)26-18/h5-12,24H,1-4H3/p+1. The van der Waals surface area contributed by atoms with Crippen LogP contribution in [0.2, 0.25) is 0 Å². The lowest BCUT2D eigenvalue weighted by atomic mass is 9.80. The minimum absolute atomic E-state index is 0.596. The summed E-state index contributed by atoms with van der Waals surface area (Å²) in [6, 6.07) is 12.7. The van der Waals surface area contributed by atoms with E-state index >= 15 is 0 Å². The molecule has 0 bridgehead atoms. The second kappa shape index (κ2) is 6.12. The maximum Gasteiger partial charge on any atom is 0.331 e. The van der Waals surface area contributed by atoms with Gasteiger partial charge in [-0.25, -0.2) is 0 Å². The molecule has 2 N–H and O–H groups in total. The lowest BCUT2D eigenvalue weighted by Gasteiger charge is -2.33. The Kier molecular flexibility index (Phi) is 4.14. The first kappa shape index (κ1) is 17.6. The van der Waals surface area contributed by atoms with Crippen molar-refractivity contribution in [1.82, 2.24) is 4.98 Å². The van der Waals surface area contributed by atoms with Crippen LogP contribution in [-0.4, -0.2) is 28.8 Å². The highest BCUT2D eigenvalue weighted by Crippen LogP contribution is 2.46. The molecule has 1 aromatic heterocycles. The van der Waals surface area contributed by atoms with Gasteiger partial charge in [-0.05, 0) is 42.4 Å². The van der Waals surface area contributed by atoms with Gasteiger partial charge in [-0.3, -0.25) is 4.98 Å². The summed E-state index contributed by atoms with van der Waals surface area (Å²) in [7, 11) is 1.78. The number of nitrogens with zero attached hydrogens (tertiary/aromatic N) is 1. The first-order valence-electron chi connectivity index (χ1n) is 8.72. The van der Waals surface area contributed by atoms with E-state index in [4.69, 9.17) is 9.76 Å². The first-order chi connectivity index (χ1) is 12.3. The number of aromatic nitrogens is 1. The van der Waals surface area contributed by atoms with Crippen molar-refractivity contribution in [2.45, 2.75) is 48.7 Å². The topological polar surface area (TPSA) is 45.0 Å². The quantitative estimate of drug-likeness (QED) is 0.408. The SMILES string of the molecule is CC(C)([OH2+])C(C)(C)O[B]c1ccc2c3c(cncc13)-c1ccccc1S2. The maximum absolute atomic E-state index is 8.29. The van der Waals surface area contributed by atoms with Crippen LogP contribution in [0.25, 0.3) is 21.9 Å². The molecule has 1 aliphatic rings. The van der Waals surface area contributed by atoms with Gasteiger partial charge in [0.2, 0.25) is 0 Å². The molecule has 1 radical (unpaired) electrons. The summed E-state index contributed by atoms with van der Waals surface area (Å²) in [6.07, 6.45) is 3.86. The Bertz CT molecular complexity index is 995. The van der Waals surface area contributed by atoms with E-state index in [0.29, 0.717) is 0 Å². The average Bonchev–Trinajstić information content (AvgIpc) is 2.60. The van der Waals surface area contributed by atoms with E-state index in [1.807, 2.05) is 40.1 Å². The van der Waals surface area contributed by atoms with E-state index < -0.39 is 11.2 Å². The Hall–Kier alpha value is -1.82. The molecule has 0 atom stereocenters. The van der Waals surface area contributed by atoms with E-state index in [0.717, 1.165) is 10.8 Å². The monoisotopic (exact) mass is 363 g/mol. The van der Waals surface area contributed by atoms with Crippen LogP contribution >= 0.6 is 11.8 Å². The van der Waals surface area contributed by atoms with Crippen LogP contribution in [0.5, 0.6) is 0 Å². The van der Waals surface area contributed by atoms with E-state index in [2.05, 4.69) is 41.4 Å². The average molecular weight is 363 g/mol. The van der Waals surface area contributed by atoms with Gasteiger partial charge in [0.1, 0.15) is 5.60 Å². The number of pyridine rings is 1. The third-order valence-corrected chi connectivity index (χ3v) is 6.44. The van der Waals surface area contributed by atoms with Crippen LogP contribution < -0.4 is 5.46 Å². The highest BCUT2D eigenvalue weighted by atomic mass is 32.2. The fraction of sp³-hybridized carbons (Fsp3) is 0.286. The van der Waals surface area contributed by atoms with Crippen molar-refractivity contribution in [2.24, 2.45) is 0 Å². The molecule has 0 saturated carbocycles. The van der Waals surface area contributed by atoms with E-state index in [1.54, 1.807) is 19.2 Å². The van der Waals surface area contributed by atoms with Gasteiger partial charge in [-0.15, -0.1) is 0 Å². The second-order valence-corrected chi connectivity index (χ2v) is 8.82. The van der Waals surface area contributed by atoms with Crippen molar-refractivity contribution in [1.29, 1.82) is 0 Å². The van der Waals surface area contributed by atoms with Crippen molar-refractivity contribution in [3.05, 3.63) is 48.8 Å². The van der Waals surface area contributed by atoms with Crippen LogP contribution in [0.3, 0.4) is 0 Å². The molecule has 0 aliphatic carbocycles. The zero-order valence-electron chi connectivity index (χ0n) is 15.5. The minimum Gasteiger partial charge on any atom is -0.439 e. The number of hydrogen-bond donors (Lipinski definition) is 0. The van der Waals surface area contributed by atoms with Crippen LogP contribution in [0.4, 0.5) is 0 Å². The second-order valence-electron chi connectivity index (χ2n) is 7.73. The lowest BCUT2D eigenvalue weighted by molar-refractivity contribution is -0.0893. The van der Waals surface area contributed by atoms with Crippen LogP contribution in [0.1, 0.15) is 27.7 Å². The molecule has 26 heavy (non-hydrogen) atoms. The Balaban J connectivity index is 1.79. The molecule has 0 fully saturated rings. The molecular weight excluding hydrogens is 341 g/mol. The Labute approximate surface area is 159 Å². The molecule has 131 valence electrons. The van der Waals surface area contributed by atoms with Crippen LogP contribution in [-0.2, 0) is 4.65 Å². The summed E-state index contributed by atoms with van der Waals surface area (Å²) in [4.78, 5) is 7.00. The van der Waals surface area contributed by atoms with Crippen LogP contribution in [0, 0.1) is 0 Å². The molecule has 2 heterocycles. The molecule has 0 spiro atoms. The summed E-state index contributed by atoms with van der Waals surface area (Å²) in [5.74, 6) is 0. The smallest absolute Gasteiger partial charge is 0.331 e. The molecule has 1 aliphatic heterocycles. The fourth-order valence-electron chi connectivity index (χ4n) is 2.93. The molecule has 0 amide bonds. The van der Waals surface area contributed by atoms with Crippen molar-refractivity contribution in [2.75, 3.05) is 0 Å². The van der Waals surface area contributed by atoms with Crippen LogP contribution in [0.15, 0.2) is 58.6 Å². The number of rotatable bonds is 4. The lowest BCUT2D eigenvalue weighted by Crippen LogP contribution is -2.49. The van der Waals surface area contributed by atoms with Gasteiger partial charge in [0, 0.05) is 47.0 Å². The molecule has 2 aromatic carbocycles. The van der Waals surface area contributed by atoms with Crippen molar-refractivity contribution < 1.29 is 9.76 Å². The van der Waals surface area contributed by atoms with Gasteiger partial charge < -0.3 is 9.76 Å². The summed E-state index contributed by atoms with van der Waals surface area (Å²) >= 11 is 1.80.